The maximum absolute atomic E-state index is 11.3. The van der Waals surface area contributed by atoms with Crippen molar-refractivity contribution in [1.82, 2.24) is 0 Å². The maximum Gasteiger partial charge on any atom is 0.270 e. The molecule has 2 rings (SSSR count). The highest BCUT2D eigenvalue weighted by molar-refractivity contribution is 9.12. The number of benzene rings is 1. The van der Waals surface area contributed by atoms with Gasteiger partial charge in [-0.1, -0.05) is 6.07 Å². The molecule has 1 aromatic rings. The number of carbonyl (C=O) groups is 1. The average molecular weight is 268 g/mol. The van der Waals surface area contributed by atoms with E-state index in [0.717, 1.165) is 11.1 Å². The highest BCUT2D eigenvalue weighted by Gasteiger charge is 2.18. The number of non-ortho nitro benzene ring substituents is 1. The Morgan fingerprint density at radius 1 is 1.40 bits per heavy atom. The molecule has 0 heterocycles. The van der Waals surface area contributed by atoms with Gasteiger partial charge in [-0.3, -0.25) is 14.9 Å². The third-order valence-corrected chi connectivity index (χ3v) is 2.91. The molecule has 0 unspecified atom stereocenters. The minimum atomic E-state index is -0.446. The van der Waals surface area contributed by atoms with Crippen molar-refractivity contribution in [2.24, 2.45) is 0 Å². The van der Waals surface area contributed by atoms with Crippen molar-refractivity contribution in [3.05, 3.63) is 43.9 Å². The van der Waals surface area contributed by atoms with E-state index in [1.807, 2.05) is 0 Å². The van der Waals surface area contributed by atoms with Gasteiger partial charge >= 0.3 is 0 Å². The van der Waals surface area contributed by atoms with Crippen molar-refractivity contribution >= 4 is 33.5 Å². The van der Waals surface area contributed by atoms with Crippen molar-refractivity contribution in [2.45, 2.75) is 6.42 Å². The van der Waals surface area contributed by atoms with Crippen molar-refractivity contribution in [1.29, 1.82) is 0 Å². The summed E-state index contributed by atoms with van der Waals surface area (Å²) in [6.45, 7) is 0. The number of allylic oxidation sites excluding steroid dienone is 1. The minimum Gasteiger partial charge on any atom is -0.293 e. The Kier molecular flexibility index (Phi) is 2.40. The summed E-state index contributed by atoms with van der Waals surface area (Å²) < 4.78 is 0.468. The molecule has 4 nitrogen and oxygen atoms in total. The number of carbonyl (C=O) groups excluding carboxylic acids is 1. The molecule has 1 aromatic carbocycles. The number of nitro benzene ring substituents is 1. The molecular formula is C10H6BrNO3. The summed E-state index contributed by atoms with van der Waals surface area (Å²) in [5, 5.41) is 10.5. The zero-order valence-corrected chi connectivity index (χ0v) is 9.15. The van der Waals surface area contributed by atoms with Crippen LogP contribution in [0.5, 0.6) is 0 Å². The minimum absolute atomic E-state index is 0.00338. The van der Waals surface area contributed by atoms with Gasteiger partial charge in [-0.15, -0.1) is 0 Å². The number of halogens is 1. The molecule has 15 heavy (non-hydrogen) atoms. The Bertz CT molecular complexity index is 493. The Hall–Kier alpha value is -1.49. The van der Waals surface area contributed by atoms with Crippen LogP contribution in [0.3, 0.4) is 0 Å². The molecule has 0 N–H and O–H groups in total. The number of nitrogens with zero attached hydrogens (tertiary/aromatic N) is 1. The molecule has 0 fully saturated rings. The van der Waals surface area contributed by atoms with E-state index in [-0.39, 0.29) is 11.5 Å². The van der Waals surface area contributed by atoms with Gasteiger partial charge in [0.2, 0.25) is 0 Å². The summed E-state index contributed by atoms with van der Waals surface area (Å²) in [5.74, 6) is -0.00338. The van der Waals surface area contributed by atoms with E-state index in [1.54, 1.807) is 12.1 Å². The van der Waals surface area contributed by atoms with Crippen LogP contribution in [0.4, 0.5) is 5.69 Å². The van der Waals surface area contributed by atoms with E-state index in [0.29, 0.717) is 10.9 Å². The Morgan fingerprint density at radius 2 is 2.13 bits per heavy atom. The fourth-order valence-corrected chi connectivity index (χ4v) is 1.85. The quantitative estimate of drug-likeness (QED) is 0.580. The lowest BCUT2D eigenvalue weighted by atomic mass is 9.96. The molecule has 0 radical (unpaired) electrons. The third-order valence-electron chi connectivity index (χ3n) is 2.24. The number of Topliss-reactive ketones (excluding diaryl/α,β-unsaturated/α-hetero) is 1. The zero-order valence-electron chi connectivity index (χ0n) is 7.57. The van der Waals surface area contributed by atoms with Crippen LogP contribution >= 0.6 is 15.9 Å². The molecule has 0 spiro atoms. The third kappa shape index (κ3) is 1.83. The average Bonchev–Trinajstić information content (AvgIpc) is 2.19. The lowest BCUT2D eigenvalue weighted by Gasteiger charge is -2.11. The van der Waals surface area contributed by atoms with Gasteiger partial charge in [0, 0.05) is 18.6 Å². The topological polar surface area (TPSA) is 60.2 Å². The van der Waals surface area contributed by atoms with E-state index in [1.165, 1.54) is 12.1 Å². The SMILES string of the molecule is O=C1Cc2ccc([N+](=O)[O-])cc2C=C1Br. The second-order valence-corrected chi connectivity index (χ2v) is 4.09. The first-order chi connectivity index (χ1) is 7.08. The second kappa shape index (κ2) is 3.58. The van der Waals surface area contributed by atoms with Gasteiger partial charge in [0.15, 0.2) is 5.78 Å². The number of hydrogen-bond acceptors (Lipinski definition) is 3. The van der Waals surface area contributed by atoms with Gasteiger partial charge < -0.3 is 0 Å². The van der Waals surface area contributed by atoms with Crippen molar-refractivity contribution in [3.8, 4) is 0 Å². The maximum atomic E-state index is 11.3. The normalized spacial score (nSPS) is 14.5. The smallest absolute Gasteiger partial charge is 0.270 e. The monoisotopic (exact) mass is 267 g/mol. The van der Waals surface area contributed by atoms with E-state index < -0.39 is 4.92 Å². The first-order valence-electron chi connectivity index (χ1n) is 4.25. The molecule has 0 aliphatic heterocycles. The van der Waals surface area contributed by atoms with Crippen LogP contribution in [0.1, 0.15) is 11.1 Å². The lowest BCUT2D eigenvalue weighted by Crippen LogP contribution is -2.08. The number of rotatable bonds is 1. The number of ketones is 1. The molecule has 0 aromatic heterocycles. The Labute approximate surface area is 93.9 Å². The lowest BCUT2D eigenvalue weighted by molar-refractivity contribution is -0.384. The predicted molar refractivity (Wildman–Crippen MR) is 58.7 cm³/mol. The molecule has 1 aliphatic carbocycles. The van der Waals surface area contributed by atoms with Crippen molar-refractivity contribution in [2.75, 3.05) is 0 Å². The highest BCUT2D eigenvalue weighted by Crippen LogP contribution is 2.27. The molecule has 0 amide bonds. The van der Waals surface area contributed by atoms with Gasteiger partial charge in [0.1, 0.15) is 0 Å². The zero-order chi connectivity index (χ0) is 11.0. The van der Waals surface area contributed by atoms with Crippen molar-refractivity contribution < 1.29 is 9.72 Å². The van der Waals surface area contributed by atoms with E-state index in [2.05, 4.69) is 15.9 Å². The Balaban J connectivity index is 2.53. The van der Waals surface area contributed by atoms with Gasteiger partial charge in [-0.25, -0.2) is 0 Å². The summed E-state index contributed by atoms with van der Waals surface area (Å²) in [5.41, 5.74) is 1.60. The molecular weight excluding hydrogens is 262 g/mol. The van der Waals surface area contributed by atoms with E-state index in [9.17, 15) is 14.9 Å². The van der Waals surface area contributed by atoms with Crippen molar-refractivity contribution in [3.63, 3.8) is 0 Å². The van der Waals surface area contributed by atoms with Gasteiger partial charge in [-0.2, -0.15) is 0 Å². The first-order valence-corrected chi connectivity index (χ1v) is 5.05. The molecule has 0 bridgehead atoms. The van der Waals surface area contributed by atoms with E-state index >= 15 is 0 Å². The predicted octanol–water partition coefficient (Wildman–Crippen LogP) is 2.46. The summed E-state index contributed by atoms with van der Waals surface area (Å²) in [6, 6.07) is 4.52. The standard InChI is InChI=1S/C10H6BrNO3/c11-9-4-7-3-8(12(14)15)2-1-6(7)5-10(9)13/h1-4H,5H2. The largest absolute Gasteiger partial charge is 0.293 e. The van der Waals surface area contributed by atoms with Gasteiger partial charge in [-0.05, 0) is 33.1 Å². The molecule has 0 saturated carbocycles. The first kappa shape index (κ1) is 10.0. The van der Waals surface area contributed by atoms with Crippen LogP contribution in [0.2, 0.25) is 0 Å². The molecule has 76 valence electrons. The van der Waals surface area contributed by atoms with Crippen LogP contribution in [0, 0.1) is 10.1 Å². The highest BCUT2D eigenvalue weighted by atomic mass is 79.9. The fourth-order valence-electron chi connectivity index (χ4n) is 1.47. The Morgan fingerprint density at radius 3 is 2.80 bits per heavy atom. The number of hydrogen-bond donors (Lipinski definition) is 0. The summed E-state index contributed by atoms with van der Waals surface area (Å²) in [7, 11) is 0. The second-order valence-electron chi connectivity index (χ2n) is 3.23. The summed E-state index contributed by atoms with van der Waals surface area (Å²) >= 11 is 3.13. The molecule has 5 heteroatoms. The van der Waals surface area contributed by atoms with Crippen LogP contribution in [0.15, 0.2) is 22.7 Å². The summed E-state index contributed by atoms with van der Waals surface area (Å²) in [4.78, 5) is 21.4. The van der Waals surface area contributed by atoms with Gasteiger partial charge in [0.05, 0.1) is 9.41 Å². The van der Waals surface area contributed by atoms with E-state index in [4.69, 9.17) is 0 Å². The fraction of sp³-hybridized carbons (Fsp3) is 0.100. The van der Waals surface area contributed by atoms with Gasteiger partial charge in [0.25, 0.3) is 5.69 Å². The molecule has 0 atom stereocenters. The van der Waals surface area contributed by atoms with Crippen LogP contribution < -0.4 is 0 Å². The van der Waals surface area contributed by atoms with Crippen LogP contribution in [-0.4, -0.2) is 10.7 Å². The summed E-state index contributed by atoms with van der Waals surface area (Å²) in [6.07, 6.45) is 1.92. The van der Waals surface area contributed by atoms with Crippen LogP contribution in [0.25, 0.3) is 6.08 Å². The number of fused-ring (bicyclic) bond motifs is 1. The molecule has 1 aliphatic rings. The molecule has 0 saturated heterocycles. The number of nitro groups is 1. The van der Waals surface area contributed by atoms with Crippen LogP contribution in [-0.2, 0) is 11.2 Å².